The van der Waals surface area contributed by atoms with E-state index >= 15 is 0 Å². The second-order valence-electron chi connectivity index (χ2n) is 10.7. The number of carbonyl (C=O) groups is 1. The van der Waals surface area contributed by atoms with Gasteiger partial charge in [-0.3, -0.25) is 9.69 Å². The molecule has 2 N–H and O–H groups in total. The van der Waals surface area contributed by atoms with E-state index in [0.717, 1.165) is 37.9 Å². The van der Waals surface area contributed by atoms with Crippen molar-refractivity contribution in [3.8, 4) is 17.6 Å². The fourth-order valence-electron chi connectivity index (χ4n) is 4.97. The Labute approximate surface area is 249 Å². The van der Waals surface area contributed by atoms with E-state index in [-0.39, 0.29) is 29.1 Å². The van der Waals surface area contributed by atoms with Crippen molar-refractivity contribution in [2.24, 2.45) is 0 Å². The standard InChI is InChI=1S/C30H36F3N5O4S/c1-36(2)29(39)19-37-15-12-21(13-16-37)35-25-8-5-9-27-24(25)17-22(38(27)20-30(31,32)33)7-6-14-34-26-11-10-23(43(4,40)41)18-28(26)42-3/h5,8-11,17-18,21,34-35H,12-16,19-20H2,1-4H3. The number of likely N-dealkylation sites (tertiary alicyclic amines) is 1. The van der Waals surface area contributed by atoms with Crippen LogP contribution in [0.1, 0.15) is 18.5 Å². The topological polar surface area (TPSA) is 95.9 Å². The number of sulfone groups is 1. The van der Waals surface area contributed by atoms with Crippen LogP contribution >= 0.6 is 0 Å². The molecule has 3 aromatic rings. The minimum atomic E-state index is -4.45. The van der Waals surface area contributed by atoms with Crippen molar-refractivity contribution >= 4 is 38.0 Å². The van der Waals surface area contributed by atoms with Crippen LogP contribution in [0, 0.1) is 11.8 Å². The molecule has 1 aliphatic rings. The predicted molar refractivity (Wildman–Crippen MR) is 161 cm³/mol. The van der Waals surface area contributed by atoms with Gasteiger partial charge in [-0.05, 0) is 49.1 Å². The number of aromatic nitrogens is 1. The Morgan fingerprint density at radius 1 is 1.12 bits per heavy atom. The second-order valence-corrected chi connectivity index (χ2v) is 12.8. The summed E-state index contributed by atoms with van der Waals surface area (Å²) in [5.41, 5.74) is 1.88. The monoisotopic (exact) mass is 619 g/mol. The molecule has 0 radical (unpaired) electrons. The first-order valence-corrected chi connectivity index (χ1v) is 15.6. The van der Waals surface area contributed by atoms with Gasteiger partial charge in [0.15, 0.2) is 9.84 Å². The summed E-state index contributed by atoms with van der Waals surface area (Å²) < 4.78 is 70.9. The second kappa shape index (κ2) is 13.2. The highest BCUT2D eigenvalue weighted by atomic mass is 32.2. The number of piperidine rings is 1. The Balaban J connectivity index is 1.52. The highest BCUT2D eigenvalue weighted by Gasteiger charge is 2.30. The molecule has 0 atom stereocenters. The van der Waals surface area contributed by atoms with E-state index in [1.165, 1.54) is 23.8 Å². The van der Waals surface area contributed by atoms with Gasteiger partial charge in [0, 0.05) is 56.6 Å². The molecular weight excluding hydrogens is 583 g/mol. The zero-order chi connectivity index (χ0) is 31.4. The van der Waals surface area contributed by atoms with Crippen molar-refractivity contribution in [3.63, 3.8) is 0 Å². The summed E-state index contributed by atoms with van der Waals surface area (Å²) in [5, 5.41) is 7.19. The maximum atomic E-state index is 13.6. The summed E-state index contributed by atoms with van der Waals surface area (Å²) in [7, 11) is 1.45. The van der Waals surface area contributed by atoms with E-state index in [0.29, 0.717) is 28.9 Å². The SMILES string of the molecule is COc1cc(S(C)(=O)=O)ccc1NCC#Cc1cc2c(NC3CCN(CC(=O)N(C)C)CC3)cccc2n1CC(F)(F)F. The van der Waals surface area contributed by atoms with Gasteiger partial charge >= 0.3 is 6.18 Å². The molecule has 0 aliphatic carbocycles. The van der Waals surface area contributed by atoms with Gasteiger partial charge < -0.3 is 24.8 Å². The van der Waals surface area contributed by atoms with E-state index < -0.39 is 22.6 Å². The molecule has 0 spiro atoms. The molecule has 0 saturated carbocycles. The van der Waals surface area contributed by atoms with E-state index in [2.05, 4.69) is 27.4 Å². The van der Waals surface area contributed by atoms with Crippen molar-refractivity contribution in [3.05, 3.63) is 48.2 Å². The lowest BCUT2D eigenvalue weighted by Gasteiger charge is -2.33. The van der Waals surface area contributed by atoms with Gasteiger partial charge in [0.25, 0.3) is 0 Å². The number of benzene rings is 2. The minimum absolute atomic E-state index is 0.0509. The lowest BCUT2D eigenvalue weighted by atomic mass is 10.0. The van der Waals surface area contributed by atoms with Crippen LogP contribution in [0.15, 0.2) is 47.4 Å². The molecule has 1 amide bonds. The maximum Gasteiger partial charge on any atom is 0.406 e. The van der Waals surface area contributed by atoms with E-state index in [9.17, 15) is 26.4 Å². The molecule has 43 heavy (non-hydrogen) atoms. The molecule has 9 nitrogen and oxygen atoms in total. The van der Waals surface area contributed by atoms with E-state index in [1.807, 2.05) is 6.07 Å². The zero-order valence-corrected chi connectivity index (χ0v) is 25.4. The molecule has 1 fully saturated rings. The summed E-state index contributed by atoms with van der Waals surface area (Å²) >= 11 is 0. The van der Waals surface area contributed by atoms with Gasteiger partial charge in [-0.25, -0.2) is 8.42 Å². The Hall–Kier alpha value is -3.89. The van der Waals surface area contributed by atoms with Crippen molar-refractivity contribution < 1.29 is 31.1 Å². The van der Waals surface area contributed by atoms with Crippen LogP contribution in [0.5, 0.6) is 5.75 Å². The van der Waals surface area contributed by atoms with Crippen LogP contribution in [0.4, 0.5) is 24.5 Å². The van der Waals surface area contributed by atoms with Gasteiger partial charge in [0.05, 0.1) is 42.0 Å². The molecule has 232 valence electrons. The molecule has 1 saturated heterocycles. The van der Waals surface area contributed by atoms with Crippen LogP contribution in [-0.2, 0) is 21.2 Å². The smallest absolute Gasteiger partial charge is 0.406 e. The third-order valence-electron chi connectivity index (χ3n) is 7.27. The Kier molecular flexibility index (Phi) is 9.82. The van der Waals surface area contributed by atoms with Gasteiger partial charge in [-0.1, -0.05) is 12.0 Å². The molecule has 4 rings (SSSR count). The number of methoxy groups -OCH3 is 1. The van der Waals surface area contributed by atoms with Crippen LogP contribution in [0.25, 0.3) is 10.9 Å². The minimum Gasteiger partial charge on any atom is -0.495 e. The number of fused-ring (bicyclic) bond motifs is 1. The van der Waals surface area contributed by atoms with Crippen molar-refractivity contribution in [1.29, 1.82) is 0 Å². The lowest BCUT2D eigenvalue weighted by Crippen LogP contribution is -2.43. The number of anilines is 2. The first kappa shape index (κ1) is 32.0. The lowest BCUT2D eigenvalue weighted by molar-refractivity contribution is -0.140. The predicted octanol–water partition coefficient (Wildman–Crippen LogP) is 4.04. The molecule has 2 heterocycles. The first-order valence-electron chi connectivity index (χ1n) is 13.7. The average molecular weight is 620 g/mol. The molecule has 13 heteroatoms. The third kappa shape index (κ3) is 8.36. The summed E-state index contributed by atoms with van der Waals surface area (Å²) in [6.07, 6.45) is -1.75. The number of halogens is 3. The molecule has 1 aromatic heterocycles. The fourth-order valence-corrected chi connectivity index (χ4v) is 5.61. The van der Waals surface area contributed by atoms with Gasteiger partial charge in [-0.15, -0.1) is 0 Å². The third-order valence-corrected chi connectivity index (χ3v) is 8.38. The van der Waals surface area contributed by atoms with Crippen LogP contribution in [0.3, 0.4) is 0 Å². The molecule has 1 aliphatic heterocycles. The number of likely N-dealkylation sites (N-methyl/N-ethyl adjacent to an activating group) is 1. The van der Waals surface area contributed by atoms with Gasteiger partial charge in [-0.2, -0.15) is 13.2 Å². The zero-order valence-electron chi connectivity index (χ0n) is 24.6. The quantitative estimate of drug-likeness (QED) is 0.349. The molecular formula is C30H36F3N5O4S. The van der Waals surface area contributed by atoms with E-state index in [4.69, 9.17) is 4.74 Å². The van der Waals surface area contributed by atoms with Gasteiger partial charge in [0.1, 0.15) is 12.3 Å². The Morgan fingerprint density at radius 3 is 2.47 bits per heavy atom. The normalized spacial score (nSPS) is 14.7. The number of nitrogens with one attached hydrogen (secondary N) is 2. The highest BCUT2D eigenvalue weighted by molar-refractivity contribution is 7.90. The van der Waals surface area contributed by atoms with Crippen molar-refractivity contribution in [1.82, 2.24) is 14.4 Å². The number of amides is 1. The number of carbonyl (C=O) groups excluding carboxylic acids is 1. The summed E-state index contributed by atoms with van der Waals surface area (Å²) in [4.78, 5) is 15.8. The Bertz CT molecular complexity index is 1630. The number of hydrogen-bond acceptors (Lipinski definition) is 7. The van der Waals surface area contributed by atoms with Gasteiger partial charge in [0.2, 0.25) is 5.91 Å². The number of hydrogen-bond donors (Lipinski definition) is 2. The van der Waals surface area contributed by atoms with Crippen LogP contribution in [0.2, 0.25) is 0 Å². The summed E-state index contributed by atoms with van der Waals surface area (Å²) in [6.45, 7) is 0.755. The largest absolute Gasteiger partial charge is 0.495 e. The number of nitrogens with zero attached hydrogens (tertiary/aromatic N) is 3. The number of ether oxygens (including phenoxy) is 1. The summed E-state index contributed by atoms with van der Waals surface area (Å²) in [6, 6.07) is 11.4. The number of alkyl halides is 3. The Morgan fingerprint density at radius 2 is 1.84 bits per heavy atom. The van der Waals surface area contributed by atoms with E-state index in [1.54, 1.807) is 43.3 Å². The molecule has 0 unspecified atom stereocenters. The maximum absolute atomic E-state index is 13.6. The molecule has 0 bridgehead atoms. The first-order chi connectivity index (χ1) is 20.2. The highest BCUT2D eigenvalue weighted by Crippen LogP contribution is 2.31. The van der Waals surface area contributed by atoms with Crippen LogP contribution in [-0.4, -0.2) is 94.5 Å². The fraction of sp³-hybridized carbons (Fsp3) is 0.433. The molecule has 2 aromatic carbocycles. The van der Waals surface area contributed by atoms with Crippen molar-refractivity contribution in [2.75, 3.05) is 64.3 Å². The van der Waals surface area contributed by atoms with Crippen molar-refractivity contribution in [2.45, 2.75) is 36.5 Å². The van der Waals surface area contributed by atoms with Crippen LogP contribution < -0.4 is 15.4 Å². The summed E-state index contributed by atoms with van der Waals surface area (Å²) in [5.74, 6) is 6.12. The average Bonchev–Trinajstić information content (AvgIpc) is 3.28. The number of rotatable bonds is 9.